The highest BCUT2D eigenvalue weighted by Gasteiger charge is 2.10. The molecule has 0 fully saturated rings. The number of hydrogen-bond donors (Lipinski definition) is 3. The summed E-state index contributed by atoms with van der Waals surface area (Å²) in [4.78, 5) is 21.9. The van der Waals surface area contributed by atoms with Crippen molar-refractivity contribution in [2.24, 2.45) is 0 Å². The first-order valence-electron chi connectivity index (χ1n) is 5.14. The van der Waals surface area contributed by atoms with Crippen LogP contribution in [0.2, 0.25) is 0 Å². The summed E-state index contributed by atoms with van der Waals surface area (Å²) in [6.45, 7) is -0.422. The monoisotopic (exact) mass is 263 g/mol. The second-order valence-electron chi connectivity index (χ2n) is 3.40. The molecule has 0 bridgehead atoms. The van der Waals surface area contributed by atoms with Crippen LogP contribution in [-0.2, 0) is 4.79 Å². The lowest BCUT2D eigenvalue weighted by Crippen LogP contribution is -2.14. The Morgan fingerprint density at radius 1 is 1.32 bits per heavy atom. The molecule has 1 aromatic heterocycles. The number of ether oxygens (including phenoxy) is 1. The van der Waals surface area contributed by atoms with Crippen LogP contribution in [0.1, 0.15) is 10.6 Å². The molecule has 2 rings (SSSR count). The molecule has 0 aliphatic carbocycles. The average Bonchev–Trinajstić information content (AvgIpc) is 2.92. The predicted molar refractivity (Wildman–Crippen MR) is 61.7 cm³/mol. The second-order valence-corrected chi connectivity index (χ2v) is 3.40. The van der Waals surface area contributed by atoms with Crippen molar-refractivity contribution in [3.63, 3.8) is 0 Å². The van der Waals surface area contributed by atoms with Crippen LogP contribution in [-0.4, -0.2) is 44.2 Å². The maximum absolute atomic E-state index is 11.6. The van der Waals surface area contributed by atoms with Gasteiger partial charge in [0.1, 0.15) is 5.75 Å². The molecule has 0 saturated heterocycles. The molecule has 0 saturated carbocycles. The largest absolute Gasteiger partial charge is 0.482 e. The molecule has 98 valence electrons. The number of aromatic amines is 1. The number of carbonyl (C=O) groups is 2. The molecule has 0 unspecified atom stereocenters. The van der Waals surface area contributed by atoms with Gasteiger partial charge in [0.2, 0.25) is 0 Å². The van der Waals surface area contributed by atoms with Crippen LogP contribution in [0.3, 0.4) is 0 Å². The topological polar surface area (TPSA) is 130 Å². The van der Waals surface area contributed by atoms with Crippen LogP contribution >= 0.6 is 0 Å². The van der Waals surface area contributed by atoms with Crippen molar-refractivity contribution in [2.75, 3.05) is 11.9 Å². The van der Waals surface area contributed by atoms with Crippen LogP contribution in [0.15, 0.2) is 24.3 Å². The molecule has 0 radical (unpaired) electrons. The number of benzene rings is 1. The van der Waals surface area contributed by atoms with Gasteiger partial charge in [0, 0.05) is 5.69 Å². The first-order valence-corrected chi connectivity index (χ1v) is 5.14. The quantitative estimate of drug-likeness (QED) is 0.687. The Balaban J connectivity index is 1.95. The van der Waals surface area contributed by atoms with Gasteiger partial charge in [-0.15, -0.1) is 10.2 Å². The number of carbonyl (C=O) groups excluding carboxylic acids is 1. The number of rotatable bonds is 5. The Bertz CT molecular complexity index is 566. The Kier molecular flexibility index (Phi) is 3.67. The number of nitrogens with zero attached hydrogens (tertiary/aromatic N) is 3. The third-order valence-corrected chi connectivity index (χ3v) is 2.02. The van der Waals surface area contributed by atoms with Gasteiger partial charge in [0.25, 0.3) is 11.7 Å². The molecule has 1 amide bonds. The van der Waals surface area contributed by atoms with Crippen molar-refractivity contribution < 1.29 is 19.4 Å². The van der Waals surface area contributed by atoms with E-state index in [-0.39, 0.29) is 5.82 Å². The third-order valence-electron chi connectivity index (χ3n) is 2.02. The second kappa shape index (κ2) is 5.58. The number of amides is 1. The molecule has 19 heavy (non-hydrogen) atoms. The molecule has 0 spiro atoms. The lowest BCUT2D eigenvalue weighted by atomic mass is 10.3. The number of aromatic nitrogens is 4. The van der Waals surface area contributed by atoms with Gasteiger partial charge in [-0.25, -0.2) is 4.79 Å². The molecule has 2 aromatic rings. The summed E-state index contributed by atoms with van der Waals surface area (Å²) >= 11 is 0. The molecule has 9 heteroatoms. The molecule has 0 aliphatic rings. The summed E-state index contributed by atoms with van der Waals surface area (Å²) in [5, 5.41) is 23.5. The maximum atomic E-state index is 11.6. The van der Waals surface area contributed by atoms with E-state index in [0.29, 0.717) is 11.4 Å². The zero-order valence-corrected chi connectivity index (χ0v) is 9.53. The summed E-state index contributed by atoms with van der Waals surface area (Å²) in [6, 6.07) is 6.20. The van der Waals surface area contributed by atoms with Gasteiger partial charge in [-0.05, 0) is 29.5 Å². The maximum Gasteiger partial charge on any atom is 0.341 e. The highest BCUT2D eigenvalue weighted by Crippen LogP contribution is 2.15. The Hall–Kier alpha value is -2.97. The highest BCUT2D eigenvalue weighted by molar-refractivity contribution is 6.01. The number of carboxylic acids is 1. The third kappa shape index (κ3) is 3.49. The fourth-order valence-electron chi connectivity index (χ4n) is 1.22. The average molecular weight is 263 g/mol. The Morgan fingerprint density at radius 3 is 2.63 bits per heavy atom. The van der Waals surface area contributed by atoms with E-state index < -0.39 is 18.5 Å². The van der Waals surface area contributed by atoms with E-state index in [2.05, 4.69) is 25.9 Å². The SMILES string of the molecule is O=C(O)COc1ccc(NC(=O)c2nn[nH]n2)cc1. The van der Waals surface area contributed by atoms with Crippen molar-refractivity contribution in [3.8, 4) is 5.75 Å². The fraction of sp³-hybridized carbons (Fsp3) is 0.100. The lowest BCUT2D eigenvalue weighted by molar-refractivity contribution is -0.139. The minimum Gasteiger partial charge on any atom is -0.482 e. The van der Waals surface area contributed by atoms with Gasteiger partial charge in [-0.2, -0.15) is 5.21 Å². The normalized spacial score (nSPS) is 9.89. The van der Waals surface area contributed by atoms with Crippen molar-refractivity contribution in [1.82, 2.24) is 20.6 Å². The van der Waals surface area contributed by atoms with Crippen molar-refractivity contribution in [2.45, 2.75) is 0 Å². The molecule has 0 atom stereocenters. The van der Waals surface area contributed by atoms with Gasteiger partial charge in [-0.3, -0.25) is 4.79 Å². The fourth-order valence-corrected chi connectivity index (χ4v) is 1.22. The van der Waals surface area contributed by atoms with Crippen LogP contribution in [0, 0.1) is 0 Å². The van der Waals surface area contributed by atoms with Gasteiger partial charge >= 0.3 is 5.97 Å². The number of tetrazole rings is 1. The van der Waals surface area contributed by atoms with Crippen molar-refractivity contribution >= 4 is 17.6 Å². The summed E-state index contributed by atoms with van der Waals surface area (Å²) < 4.78 is 4.95. The summed E-state index contributed by atoms with van der Waals surface area (Å²) in [6.07, 6.45) is 0. The first-order chi connectivity index (χ1) is 9.15. The smallest absolute Gasteiger partial charge is 0.341 e. The van der Waals surface area contributed by atoms with Gasteiger partial charge in [0.15, 0.2) is 6.61 Å². The number of carboxylic acid groups (broad SMARTS) is 1. The first kappa shape index (κ1) is 12.5. The van der Waals surface area contributed by atoms with Crippen LogP contribution in [0.4, 0.5) is 5.69 Å². The summed E-state index contributed by atoms with van der Waals surface area (Å²) in [7, 11) is 0. The van der Waals surface area contributed by atoms with Gasteiger partial charge in [0.05, 0.1) is 0 Å². The van der Waals surface area contributed by atoms with E-state index in [4.69, 9.17) is 9.84 Å². The molecular weight excluding hydrogens is 254 g/mol. The number of anilines is 1. The molecule has 3 N–H and O–H groups in total. The molecule has 9 nitrogen and oxygen atoms in total. The number of aliphatic carboxylic acids is 1. The van der Waals surface area contributed by atoms with Crippen LogP contribution in [0.5, 0.6) is 5.75 Å². The van der Waals surface area contributed by atoms with E-state index >= 15 is 0 Å². The van der Waals surface area contributed by atoms with E-state index in [1.165, 1.54) is 12.1 Å². The summed E-state index contributed by atoms with van der Waals surface area (Å²) in [5.74, 6) is -1.26. The number of H-pyrrole nitrogens is 1. The van der Waals surface area contributed by atoms with E-state index in [1.54, 1.807) is 12.1 Å². The Morgan fingerprint density at radius 2 is 2.05 bits per heavy atom. The zero-order chi connectivity index (χ0) is 13.7. The van der Waals surface area contributed by atoms with Gasteiger partial charge < -0.3 is 15.2 Å². The highest BCUT2D eigenvalue weighted by atomic mass is 16.5. The minimum atomic E-state index is -1.06. The van der Waals surface area contributed by atoms with E-state index in [9.17, 15) is 9.59 Å². The minimum absolute atomic E-state index is 0.0776. The van der Waals surface area contributed by atoms with Gasteiger partial charge in [-0.1, -0.05) is 0 Å². The standard InChI is InChI=1S/C10H9N5O4/c16-8(17)5-19-7-3-1-6(2-4-7)11-10(18)9-12-14-15-13-9/h1-4H,5H2,(H,11,18)(H,16,17)(H,12,13,14,15). The van der Waals surface area contributed by atoms with E-state index in [0.717, 1.165) is 0 Å². The van der Waals surface area contributed by atoms with Crippen LogP contribution in [0.25, 0.3) is 0 Å². The molecule has 0 aliphatic heterocycles. The van der Waals surface area contributed by atoms with Crippen molar-refractivity contribution in [1.29, 1.82) is 0 Å². The molecule has 1 heterocycles. The molecule has 1 aromatic carbocycles. The van der Waals surface area contributed by atoms with Crippen LogP contribution < -0.4 is 10.1 Å². The summed E-state index contributed by atoms with van der Waals surface area (Å²) in [5.41, 5.74) is 0.498. The number of nitrogens with one attached hydrogen (secondary N) is 2. The molecular formula is C10H9N5O4. The number of hydrogen-bond acceptors (Lipinski definition) is 6. The lowest BCUT2D eigenvalue weighted by Gasteiger charge is -2.05. The van der Waals surface area contributed by atoms with E-state index in [1.807, 2.05) is 0 Å². The predicted octanol–water partition coefficient (Wildman–Crippen LogP) is -0.0846. The van der Waals surface area contributed by atoms with Crippen molar-refractivity contribution in [3.05, 3.63) is 30.1 Å². The Labute approximate surface area is 106 Å². The zero-order valence-electron chi connectivity index (χ0n) is 9.53.